The number of aryl methyl sites for hydroxylation is 1. The lowest BCUT2D eigenvalue weighted by molar-refractivity contribution is 0.0503. The van der Waals surface area contributed by atoms with Crippen molar-refractivity contribution in [1.29, 1.82) is 0 Å². The molecule has 1 aromatic carbocycles. The number of aromatic nitrogens is 1. The number of para-hydroxylation sites is 1. The van der Waals surface area contributed by atoms with Crippen LogP contribution in [0.15, 0.2) is 24.3 Å². The molecule has 0 radical (unpaired) electrons. The van der Waals surface area contributed by atoms with E-state index in [0.717, 1.165) is 23.4 Å². The zero-order valence-electron chi connectivity index (χ0n) is 13.3. The van der Waals surface area contributed by atoms with Crippen molar-refractivity contribution in [2.45, 2.75) is 45.3 Å². The third-order valence-electron chi connectivity index (χ3n) is 3.05. The van der Waals surface area contributed by atoms with Gasteiger partial charge in [0.15, 0.2) is 0 Å². The second-order valence-corrected chi connectivity index (χ2v) is 7.31. The minimum atomic E-state index is -0.504. The number of rotatable bonds is 5. The normalized spacial score (nSPS) is 13.1. The molecule has 22 heavy (non-hydrogen) atoms. The van der Waals surface area contributed by atoms with Gasteiger partial charge < -0.3 is 15.8 Å². The summed E-state index contributed by atoms with van der Waals surface area (Å²) in [5.74, 6) is 0. The second kappa shape index (κ2) is 7.07. The lowest BCUT2D eigenvalue weighted by atomic mass is 10.1. The van der Waals surface area contributed by atoms with E-state index in [-0.39, 0.29) is 6.04 Å². The highest BCUT2D eigenvalue weighted by Gasteiger charge is 2.19. The monoisotopic (exact) mass is 321 g/mol. The molecule has 0 aliphatic carbocycles. The molecule has 0 saturated heterocycles. The number of hydrogen-bond acceptors (Lipinski definition) is 5. The van der Waals surface area contributed by atoms with Gasteiger partial charge >= 0.3 is 6.09 Å². The Bertz CT molecular complexity index is 601. The summed E-state index contributed by atoms with van der Waals surface area (Å²) < 4.78 is 6.43. The molecular formula is C16H23N3O2S. The fraction of sp³-hybridized carbons (Fsp3) is 0.500. The van der Waals surface area contributed by atoms with E-state index in [1.807, 2.05) is 39.0 Å². The predicted molar refractivity (Wildman–Crippen MR) is 90.2 cm³/mol. The molecule has 1 heterocycles. The quantitative estimate of drug-likeness (QED) is 0.887. The van der Waals surface area contributed by atoms with E-state index < -0.39 is 11.7 Å². The first-order chi connectivity index (χ1) is 10.4. The number of nitrogens with two attached hydrogens (primary N) is 1. The maximum Gasteiger partial charge on any atom is 0.407 e. The number of amides is 1. The van der Waals surface area contributed by atoms with Gasteiger partial charge in [0.2, 0.25) is 0 Å². The predicted octanol–water partition coefficient (Wildman–Crippen LogP) is 3.08. The number of benzene rings is 1. The molecule has 2 rings (SSSR count). The van der Waals surface area contributed by atoms with Crippen LogP contribution in [0.5, 0.6) is 0 Å². The van der Waals surface area contributed by atoms with Crippen LogP contribution < -0.4 is 11.1 Å². The molecule has 1 amide bonds. The third-order valence-corrected chi connectivity index (χ3v) is 4.15. The van der Waals surface area contributed by atoms with Crippen LogP contribution in [0.3, 0.4) is 0 Å². The number of thiazole rings is 1. The van der Waals surface area contributed by atoms with Crippen molar-refractivity contribution >= 4 is 27.6 Å². The molecule has 120 valence electrons. The summed E-state index contributed by atoms with van der Waals surface area (Å²) in [4.78, 5) is 16.4. The van der Waals surface area contributed by atoms with E-state index in [9.17, 15) is 4.79 Å². The summed E-state index contributed by atoms with van der Waals surface area (Å²) in [7, 11) is 0. The lowest BCUT2D eigenvalue weighted by Gasteiger charge is -2.22. The van der Waals surface area contributed by atoms with Gasteiger partial charge in [0.05, 0.1) is 15.2 Å². The Labute approximate surface area is 134 Å². The Morgan fingerprint density at radius 3 is 2.77 bits per heavy atom. The minimum Gasteiger partial charge on any atom is -0.444 e. The molecule has 1 aromatic heterocycles. The van der Waals surface area contributed by atoms with Crippen LogP contribution in [-0.2, 0) is 11.2 Å². The summed E-state index contributed by atoms with van der Waals surface area (Å²) in [5, 5.41) is 3.88. The van der Waals surface area contributed by atoms with Crippen LogP contribution in [0, 0.1) is 0 Å². The fourth-order valence-electron chi connectivity index (χ4n) is 2.05. The van der Waals surface area contributed by atoms with Crippen LogP contribution in [0.1, 0.15) is 32.2 Å². The van der Waals surface area contributed by atoms with Gasteiger partial charge in [-0.1, -0.05) is 12.1 Å². The summed E-state index contributed by atoms with van der Waals surface area (Å²) >= 11 is 1.68. The molecule has 3 N–H and O–H groups in total. The van der Waals surface area contributed by atoms with Crippen LogP contribution >= 0.6 is 11.3 Å². The van der Waals surface area contributed by atoms with Crippen molar-refractivity contribution in [2.75, 3.05) is 6.54 Å². The number of fused-ring (bicyclic) bond motifs is 1. The molecule has 0 aliphatic rings. The Balaban J connectivity index is 1.89. The van der Waals surface area contributed by atoms with Crippen LogP contribution in [-0.4, -0.2) is 29.3 Å². The van der Waals surface area contributed by atoms with Crippen LogP contribution in [0.4, 0.5) is 4.79 Å². The van der Waals surface area contributed by atoms with Gasteiger partial charge in [0.1, 0.15) is 5.60 Å². The highest BCUT2D eigenvalue weighted by molar-refractivity contribution is 7.18. The molecule has 0 spiro atoms. The molecule has 1 unspecified atom stereocenters. The van der Waals surface area contributed by atoms with E-state index >= 15 is 0 Å². The molecule has 0 aliphatic heterocycles. The molecule has 0 saturated carbocycles. The zero-order chi connectivity index (χ0) is 16.2. The second-order valence-electron chi connectivity index (χ2n) is 6.19. The standard InChI is InChI=1S/C16H23N3O2S/c1-16(2,3)21-15(20)18-11(10-17)8-9-14-19-12-6-4-5-7-13(12)22-14/h4-7,11H,8-10,17H2,1-3H3,(H,18,20). The van der Waals surface area contributed by atoms with Gasteiger partial charge in [-0.2, -0.15) is 0 Å². The highest BCUT2D eigenvalue weighted by atomic mass is 32.1. The number of nitrogens with one attached hydrogen (secondary N) is 1. The van der Waals surface area contributed by atoms with Gasteiger partial charge in [0, 0.05) is 19.0 Å². The number of nitrogens with zero attached hydrogens (tertiary/aromatic N) is 1. The number of hydrogen-bond donors (Lipinski definition) is 2. The van der Waals surface area contributed by atoms with Gasteiger partial charge in [-0.15, -0.1) is 11.3 Å². The van der Waals surface area contributed by atoms with Crippen molar-refractivity contribution in [3.63, 3.8) is 0 Å². The van der Waals surface area contributed by atoms with Crippen molar-refractivity contribution in [2.24, 2.45) is 5.73 Å². The number of ether oxygens (including phenoxy) is 1. The summed E-state index contributed by atoms with van der Waals surface area (Å²) in [6, 6.07) is 7.96. The summed E-state index contributed by atoms with van der Waals surface area (Å²) in [6.07, 6.45) is 1.11. The molecular weight excluding hydrogens is 298 g/mol. The van der Waals surface area contributed by atoms with Crippen molar-refractivity contribution in [3.8, 4) is 0 Å². The smallest absolute Gasteiger partial charge is 0.407 e. The van der Waals surface area contributed by atoms with Crippen molar-refractivity contribution in [3.05, 3.63) is 29.3 Å². The van der Waals surface area contributed by atoms with Gasteiger partial charge in [-0.05, 0) is 39.3 Å². The summed E-state index contributed by atoms with van der Waals surface area (Å²) in [5.41, 5.74) is 6.25. The summed E-state index contributed by atoms with van der Waals surface area (Å²) in [6.45, 7) is 5.89. The topological polar surface area (TPSA) is 77.2 Å². The Morgan fingerprint density at radius 1 is 1.41 bits per heavy atom. The molecule has 1 atom stereocenters. The molecule has 0 bridgehead atoms. The Morgan fingerprint density at radius 2 is 2.14 bits per heavy atom. The van der Waals surface area contributed by atoms with E-state index in [0.29, 0.717) is 6.54 Å². The Hall–Kier alpha value is -1.66. The number of carbonyl (C=O) groups is 1. The van der Waals surface area contributed by atoms with Crippen molar-refractivity contribution < 1.29 is 9.53 Å². The largest absolute Gasteiger partial charge is 0.444 e. The maximum absolute atomic E-state index is 11.8. The van der Waals surface area contributed by atoms with Crippen molar-refractivity contribution in [1.82, 2.24) is 10.3 Å². The first-order valence-electron chi connectivity index (χ1n) is 7.41. The molecule has 6 heteroatoms. The number of alkyl carbamates (subject to hydrolysis) is 1. The van der Waals surface area contributed by atoms with E-state index in [1.54, 1.807) is 11.3 Å². The van der Waals surface area contributed by atoms with E-state index in [1.165, 1.54) is 4.70 Å². The molecule has 5 nitrogen and oxygen atoms in total. The molecule has 0 fully saturated rings. The average Bonchev–Trinajstić information content (AvgIpc) is 2.84. The maximum atomic E-state index is 11.8. The van der Waals surface area contributed by atoms with Crippen LogP contribution in [0.25, 0.3) is 10.2 Å². The third kappa shape index (κ3) is 4.96. The number of carbonyl (C=O) groups excluding carboxylic acids is 1. The highest BCUT2D eigenvalue weighted by Crippen LogP contribution is 2.22. The zero-order valence-corrected chi connectivity index (χ0v) is 14.1. The van der Waals surface area contributed by atoms with Crippen LogP contribution in [0.2, 0.25) is 0 Å². The lowest BCUT2D eigenvalue weighted by Crippen LogP contribution is -2.43. The first-order valence-corrected chi connectivity index (χ1v) is 8.23. The SMILES string of the molecule is CC(C)(C)OC(=O)NC(CN)CCc1nc2ccccc2s1. The van der Waals surface area contributed by atoms with E-state index in [2.05, 4.69) is 16.4 Å². The van der Waals surface area contributed by atoms with Gasteiger partial charge in [0.25, 0.3) is 0 Å². The van der Waals surface area contributed by atoms with E-state index in [4.69, 9.17) is 10.5 Å². The first kappa shape index (κ1) is 16.7. The molecule has 2 aromatic rings. The average molecular weight is 321 g/mol. The van der Waals surface area contributed by atoms with Gasteiger partial charge in [-0.3, -0.25) is 0 Å². The fourth-order valence-corrected chi connectivity index (χ4v) is 3.03. The Kier molecular flexibility index (Phi) is 5.37. The van der Waals surface area contributed by atoms with Gasteiger partial charge in [-0.25, -0.2) is 9.78 Å². The minimum absolute atomic E-state index is 0.109.